The van der Waals surface area contributed by atoms with Crippen LogP contribution in [-0.2, 0) is 60.8 Å². The van der Waals surface area contributed by atoms with Gasteiger partial charge in [-0.15, -0.1) is 0 Å². The van der Waals surface area contributed by atoms with Gasteiger partial charge in [-0.25, -0.2) is 4.79 Å². The Kier molecular flexibility index (Phi) is 33.0. The number of hydrogen-bond donors (Lipinski definition) is 15. The fourth-order valence-electron chi connectivity index (χ4n) is 8.26. The smallest absolute Gasteiger partial charge is 0.327 e. The Labute approximate surface area is 475 Å². The topological polar surface area (TPSA) is 403 Å². The molecule has 25 heteroatoms. The molecule has 0 heterocycles. The fraction of sp³-hybridized carbons (Fsp3) is 0.600. The Morgan fingerprint density at radius 3 is 1.38 bits per heavy atom. The molecule has 0 saturated heterocycles. The van der Waals surface area contributed by atoms with E-state index in [1.54, 1.807) is 74.5 Å². The highest BCUT2D eigenvalue weighted by Crippen LogP contribution is 2.13. The molecule has 0 radical (unpaired) electrons. The number of carbonyl (C=O) groups is 10. The molecule has 9 atom stereocenters. The van der Waals surface area contributed by atoms with Gasteiger partial charge in [-0.2, -0.15) is 12.6 Å². The van der Waals surface area contributed by atoms with Crippen LogP contribution in [-0.4, -0.2) is 151 Å². The highest BCUT2D eigenvalue weighted by atomic mass is 32.1. The van der Waals surface area contributed by atoms with E-state index in [9.17, 15) is 53.1 Å². The third-order valence-electron chi connectivity index (χ3n) is 12.9. The van der Waals surface area contributed by atoms with Crippen LogP contribution in [0.2, 0.25) is 0 Å². The van der Waals surface area contributed by atoms with Crippen LogP contribution in [0.15, 0.2) is 60.7 Å². The summed E-state index contributed by atoms with van der Waals surface area (Å²) in [6.45, 7) is 8.99. The Hall–Kier alpha value is -6.67. The van der Waals surface area contributed by atoms with Crippen LogP contribution >= 0.6 is 12.6 Å². The molecule has 0 spiro atoms. The monoisotopic (exact) mass is 1140 g/mol. The molecule has 0 saturated carbocycles. The number of aliphatic carboxylic acids is 1. The first-order valence-electron chi connectivity index (χ1n) is 27.5. The first-order chi connectivity index (χ1) is 38.0. The van der Waals surface area contributed by atoms with Gasteiger partial charge >= 0.3 is 5.97 Å². The van der Waals surface area contributed by atoms with Crippen molar-refractivity contribution in [1.82, 2.24) is 47.9 Å². The van der Waals surface area contributed by atoms with Crippen molar-refractivity contribution < 1.29 is 53.1 Å². The maximum atomic E-state index is 14.6. The van der Waals surface area contributed by atoms with Gasteiger partial charge < -0.3 is 75.9 Å². The summed E-state index contributed by atoms with van der Waals surface area (Å²) in [4.78, 5) is 135. The summed E-state index contributed by atoms with van der Waals surface area (Å²) >= 11 is 3.92. The highest BCUT2D eigenvalue weighted by molar-refractivity contribution is 7.80. The van der Waals surface area contributed by atoms with Crippen LogP contribution in [0.5, 0.6) is 0 Å². The molecule has 2 aromatic rings. The minimum atomic E-state index is -1.33. The van der Waals surface area contributed by atoms with Gasteiger partial charge in [0.1, 0.15) is 48.3 Å². The Morgan fingerprint density at radius 2 is 0.900 bits per heavy atom. The molecule has 2 aromatic carbocycles. The van der Waals surface area contributed by atoms with Crippen molar-refractivity contribution in [3.05, 3.63) is 71.8 Å². The van der Waals surface area contributed by atoms with Gasteiger partial charge in [0.2, 0.25) is 53.2 Å². The molecule has 9 amide bonds. The molecule has 0 aliphatic heterocycles. The predicted molar refractivity (Wildman–Crippen MR) is 307 cm³/mol. The number of amides is 9. The molecule has 446 valence electrons. The second-order valence-corrected chi connectivity index (χ2v) is 21.0. The number of carbonyl (C=O) groups excluding carboxylic acids is 9. The van der Waals surface area contributed by atoms with Crippen LogP contribution in [0.25, 0.3) is 0 Å². The number of rotatable bonds is 39. The number of carboxylic acids is 1. The molecule has 80 heavy (non-hydrogen) atoms. The third kappa shape index (κ3) is 26.5. The summed E-state index contributed by atoms with van der Waals surface area (Å²) in [6, 6.07) is 6.76. The number of thiol groups is 1. The van der Waals surface area contributed by atoms with Crippen LogP contribution < -0.4 is 70.8 Å². The summed E-state index contributed by atoms with van der Waals surface area (Å²) in [5.74, 6) is -8.64. The zero-order valence-corrected chi connectivity index (χ0v) is 47.8. The molecule has 18 N–H and O–H groups in total. The lowest BCUT2D eigenvalue weighted by atomic mass is 9.98. The average Bonchev–Trinajstić information content (AvgIpc) is 3.41. The van der Waals surface area contributed by atoms with Crippen molar-refractivity contribution in [2.24, 2.45) is 34.8 Å². The number of carboxylic acid groups (broad SMARTS) is 1. The number of hydrogen-bond acceptors (Lipinski definition) is 15. The van der Waals surface area contributed by atoms with Gasteiger partial charge in [-0.1, -0.05) is 94.8 Å². The van der Waals surface area contributed by atoms with Crippen molar-refractivity contribution in [2.45, 2.75) is 166 Å². The predicted octanol–water partition coefficient (Wildman–Crippen LogP) is -1.08. The number of nitrogens with two attached hydrogens (primary N) is 4. The standard InChI is InChI=1S/C55H89N13O11S/c1-33(2)28-41(65-50(73)40(24-14-17-27-58)64-48(71)38(59)22-12-15-25-56)53(76)68-46(34(3)4)54(77)67-43(30-37-20-10-7-11-21-37)52(75)66-42(29-36-18-8-6-9-19-36)51(74)61-35(5)47(70)63-39(23-13-16-26-57)49(72)60-31-45(69)62-44(32-80)55(78)79/h6-11,18-21,33-35,38-44,46,80H,12-17,22-32,56-59H2,1-5H3,(H,60,72)(H,61,74)(H,62,69)(H,63,70)(H,64,71)(H,65,73)(H,66,75)(H,67,77)(H,68,76)(H,78,79)/t35-,38-,39-,40-,41-,42-,43-,44-,46-/m0/s1. The Balaban J connectivity index is 2.41. The normalized spacial score (nSPS) is 14.6. The van der Waals surface area contributed by atoms with E-state index in [0.717, 1.165) is 0 Å². The minimum Gasteiger partial charge on any atom is -0.480 e. The zero-order valence-electron chi connectivity index (χ0n) is 46.9. The highest BCUT2D eigenvalue weighted by Gasteiger charge is 2.35. The van der Waals surface area contributed by atoms with E-state index in [4.69, 9.17) is 22.9 Å². The average molecular weight is 1140 g/mol. The Morgan fingerprint density at radius 1 is 0.475 bits per heavy atom. The number of unbranched alkanes of at least 4 members (excludes halogenated alkanes) is 3. The lowest BCUT2D eigenvalue weighted by Gasteiger charge is -2.29. The third-order valence-corrected chi connectivity index (χ3v) is 13.2. The lowest BCUT2D eigenvalue weighted by Crippen LogP contribution is -2.61. The van der Waals surface area contributed by atoms with Gasteiger partial charge in [0.05, 0.1) is 12.6 Å². The first-order valence-corrected chi connectivity index (χ1v) is 28.2. The van der Waals surface area contributed by atoms with Gasteiger partial charge in [-0.05, 0) is 107 Å². The first kappa shape index (κ1) is 69.4. The summed E-state index contributed by atoms with van der Waals surface area (Å²) < 4.78 is 0. The van der Waals surface area contributed by atoms with Crippen LogP contribution in [0.4, 0.5) is 0 Å². The van der Waals surface area contributed by atoms with Crippen molar-refractivity contribution in [1.29, 1.82) is 0 Å². The molecule has 0 aliphatic carbocycles. The van der Waals surface area contributed by atoms with E-state index < -0.39 is 126 Å². The van der Waals surface area contributed by atoms with Crippen LogP contribution in [0.3, 0.4) is 0 Å². The lowest BCUT2D eigenvalue weighted by molar-refractivity contribution is -0.141. The molecule has 24 nitrogen and oxygen atoms in total. The van der Waals surface area contributed by atoms with Crippen molar-refractivity contribution in [2.75, 3.05) is 31.9 Å². The van der Waals surface area contributed by atoms with Crippen molar-refractivity contribution >= 4 is 71.8 Å². The molecular weight excluding hydrogens is 1050 g/mol. The van der Waals surface area contributed by atoms with E-state index >= 15 is 0 Å². The van der Waals surface area contributed by atoms with E-state index in [1.165, 1.54) is 6.92 Å². The summed E-state index contributed by atoms with van der Waals surface area (Å²) in [7, 11) is 0. The molecule has 0 unspecified atom stereocenters. The molecular formula is C55H89N13O11S. The molecule has 0 bridgehead atoms. The van der Waals surface area contributed by atoms with E-state index in [2.05, 4.69) is 60.5 Å². The molecule has 2 rings (SSSR count). The van der Waals surface area contributed by atoms with E-state index in [0.29, 0.717) is 75.7 Å². The maximum absolute atomic E-state index is 14.6. The quantitative estimate of drug-likeness (QED) is 0.0280. The number of nitrogens with one attached hydrogen (secondary N) is 9. The van der Waals surface area contributed by atoms with Gasteiger partial charge in [0.25, 0.3) is 0 Å². The van der Waals surface area contributed by atoms with Crippen molar-refractivity contribution in [3.8, 4) is 0 Å². The second kappa shape index (κ2) is 38.1. The van der Waals surface area contributed by atoms with Crippen LogP contribution in [0, 0.1) is 11.8 Å². The van der Waals surface area contributed by atoms with Gasteiger partial charge in [0.15, 0.2) is 0 Å². The summed E-state index contributed by atoms with van der Waals surface area (Å²) in [5, 5.41) is 33.0. The summed E-state index contributed by atoms with van der Waals surface area (Å²) in [5.41, 5.74) is 24.4. The fourth-order valence-corrected chi connectivity index (χ4v) is 8.50. The van der Waals surface area contributed by atoms with Crippen LogP contribution in [0.1, 0.15) is 110 Å². The van der Waals surface area contributed by atoms with Crippen molar-refractivity contribution in [3.63, 3.8) is 0 Å². The molecule has 0 aliphatic rings. The van der Waals surface area contributed by atoms with Gasteiger partial charge in [-0.3, -0.25) is 43.2 Å². The minimum absolute atomic E-state index is 0.0553. The van der Waals surface area contributed by atoms with E-state index in [-0.39, 0.29) is 43.8 Å². The number of benzene rings is 2. The van der Waals surface area contributed by atoms with E-state index in [1.807, 2.05) is 13.8 Å². The Bertz CT molecular complexity index is 2280. The largest absolute Gasteiger partial charge is 0.480 e. The molecule has 0 aromatic heterocycles. The zero-order chi connectivity index (χ0) is 59.7. The maximum Gasteiger partial charge on any atom is 0.327 e. The molecule has 0 fully saturated rings. The van der Waals surface area contributed by atoms with Gasteiger partial charge in [0, 0.05) is 18.6 Å². The SMILES string of the molecule is CC(C)C[C@H](NC(=O)[C@H](CCCCN)NC(=O)[C@@H](N)CCCCN)C(=O)N[C@H](C(=O)N[C@@H](Cc1ccccc1)C(=O)N[C@@H](Cc1ccccc1)C(=O)N[C@@H](C)C(=O)N[C@@H](CCCCN)C(=O)NCC(=O)N[C@@H](CS)C(=O)O)C(C)C. The summed E-state index contributed by atoms with van der Waals surface area (Å²) in [6.07, 6.45) is 4.02. The second-order valence-electron chi connectivity index (χ2n) is 20.6.